The molecule has 129 heavy (non-hydrogen) atoms. The SMILES string of the molecule is CO[C@H]1C[C@@H]2CC[C@@H](C)[C@@](O)(O2)C(=O)C(=O)N2CCCC[C@H]2C(=O)O[C@H]([C@H](C)C[C@@H]2CC[C@@H](OC(=O)CCCOCCOCCOCCOCCOCCOCCOCCOCCC(=O)NCCS(=O)(=O)c3ccc(C(=O)N4CCOc5ccc(-c6ccc(N)nc6)cc5C4)c(C)c3)[C@H](OC)C2)CC(=O)[C@H](C)/C=C(\C)[C@@H](O)[C@@H](OC)C(=O)[C@H](C)C[C@H](C)/C=C/C=C/C=C/1C. The van der Waals surface area contributed by atoms with Gasteiger partial charge in [-0.25, -0.2) is 18.2 Å². The molecule has 1 aromatic heterocycles. The molecular weight excluding hydrogens is 1690 g/mol. The Balaban J connectivity index is 0.643. The number of fused-ring (bicyclic) bond motifs is 4. The number of Topliss-reactive ketones (excluding diaryl/α,β-unsaturated/α-hetero) is 3. The number of hydrogen-bond donors (Lipinski definition) is 4. The van der Waals surface area contributed by atoms with Crippen LogP contribution < -0.4 is 15.8 Å². The van der Waals surface area contributed by atoms with E-state index in [2.05, 4.69) is 10.3 Å². The van der Waals surface area contributed by atoms with E-state index in [0.29, 0.717) is 205 Å². The van der Waals surface area contributed by atoms with E-state index in [9.17, 15) is 57.0 Å². The van der Waals surface area contributed by atoms with Gasteiger partial charge in [0.2, 0.25) is 11.7 Å². The number of anilines is 1. The van der Waals surface area contributed by atoms with E-state index in [1.807, 2.05) is 75.4 Å². The van der Waals surface area contributed by atoms with Crippen molar-refractivity contribution in [1.29, 1.82) is 0 Å². The summed E-state index contributed by atoms with van der Waals surface area (Å²) in [6.45, 7) is 20.5. The third-order valence-electron chi connectivity index (χ3n) is 24.4. The molecule has 33 heteroatoms. The molecule has 32 nitrogen and oxygen atoms in total. The summed E-state index contributed by atoms with van der Waals surface area (Å²) >= 11 is 0. The van der Waals surface area contributed by atoms with Gasteiger partial charge in [-0.05, 0) is 174 Å². The Hall–Kier alpha value is -8.10. The minimum absolute atomic E-state index is 0.0113. The Bertz CT molecular complexity index is 4290. The lowest BCUT2D eigenvalue weighted by Crippen LogP contribution is -2.61. The molecule has 5 aliphatic rings. The molecule has 3 aromatic rings. The maximum atomic E-state index is 14.8. The van der Waals surface area contributed by atoms with Gasteiger partial charge in [-0.2, -0.15) is 0 Å². The van der Waals surface area contributed by atoms with Crippen LogP contribution in [0.25, 0.3) is 11.1 Å². The molecular formula is C96H141N5O27S. The van der Waals surface area contributed by atoms with E-state index >= 15 is 0 Å². The number of rotatable bonds is 41. The van der Waals surface area contributed by atoms with Crippen molar-refractivity contribution in [3.05, 3.63) is 119 Å². The summed E-state index contributed by atoms with van der Waals surface area (Å²) in [5, 5.41) is 26.4. The standard InChI is InChI=1S/C96H141N5O27S/c1-64-18-13-12-14-19-65(2)83(114-9)60-76-26-22-71(8)96(111,128-76)92(107)94(109)101-34-16-15-20-79(101)95(110)127-84(61-80(102)67(4)55-70(7)90(106)91(116-11)89(105)69(6)54-64)68(5)56-72-23-29-82(85(58-72)115-10)126-88(104)21-17-36-117-39-41-119-43-45-121-47-49-123-51-52-124-50-48-122-46-44-120-42-40-118-37-32-87(103)98-33-53-129(112,113)77-27-28-78(66(3)57-77)93(108)100-35-38-125-81-30-24-73(59-75(81)63-100)74-25-31-86(97)99-62-74/h12-14,18-19,24-25,27-28,30-31,55,57,59,62,64,67-69,71-72,76,79,82-85,90-91,106,111H,15-17,20-23,26,29,32-54,56,58,60-61,63H2,1-11H3,(H2,97,99)(H,98,103)/b14-12+,18-13+,65-19+,70-55+/t64-,67-,68-,69-,71-,72+,76+,79+,82-,83+,84+,85-,90-,91+,96-/m1/s1. The summed E-state index contributed by atoms with van der Waals surface area (Å²) in [5.41, 5.74) is 10.5. The number of piperidine rings is 1. The van der Waals surface area contributed by atoms with Crippen molar-refractivity contribution in [2.75, 3.05) is 165 Å². The first-order valence-corrected chi connectivity index (χ1v) is 47.3. The van der Waals surface area contributed by atoms with Gasteiger partial charge in [0.25, 0.3) is 17.6 Å². The van der Waals surface area contributed by atoms with Crippen LogP contribution in [0, 0.1) is 42.4 Å². The number of amides is 3. The summed E-state index contributed by atoms with van der Waals surface area (Å²) in [4.78, 5) is 119. The van der Waals surface area contributed by atoms with Crippen LogP contribution in [0.2, 0.25) is 0 Å². The highest BCUT2D eigenvalue weighted by molar-refractivity contribution is 7.91. The van der Waals surface area contributed by atoms with Crippen molar-refractivity contribution in [3.63, 3.8) is 0 Å². The van der Waals surface area contributed by atoms with Gasteiger partial charge in [0.1, 0.15) is 54.4 Å². The molecule has 5 N–H and O–H groups in total. The second kappa shape index (κ2) is 55.4. The maximum absolute atomic E-state index is 14.8. The number of benzene rings is 2. The number of carbonyl (C=O) groups is 8. The van der Waals surface area contributed by atoms with Gasteiger partial charge in [0.15, 0.2) is 15.6 Å². The third kappa shape index (κ3) is 34.2. The molecule has 5 heterocycles. The number of aromatic nitrogens is 1. The van der Waals surface area contributed by atoms with Gasteiger partial charge in [0, 0.05) is 114 Å². The number of ketones is 3. The molecule has 0 spiro atoms. The number of nitrogens with one attached hydrogen (secondary N) is 1. The van der Waals surface area contributed by atoms with Crippen LogP contribution in [0.4, 0.5) is 5.82 Å². The van der Waals surface area contributed by atoms with Crippen molar-refractivity contribution in [1.82, 2.24) is 20.1 Å². The van der Waals surface area contributed by atoms with Gasteiger partial charge in [-0.15, -0.1) is 0 Å². The number of sulfone groups is 1. The highest BCUT2D eigenvalue weighted by Crippen LogP contribution is 2.40. The molecule has 0 radical (unpaired) electrons. The lowest BCUT2D eigenvalue weighted by Gasteiger charge is -2.42. The van der Waals surface area contributed by atoms with E-state index in [4.69, 9.17) is 76.8 Å². The van der Waals surface area contributed by atoms with Crippen LogP contribution in [-0.2, 0) is 116 Å². The smallest absolute Gasteiger partial charge is 0.329 e. The fourth-order valence-electron chi connectivity index (χ4n) is 16.7. The number of nitrogens with two attached hydrogens (primary N) is 1. The number of cyclic esters (lactones) is 1. The fourth-order valence-corrected chi connectivity index (χ4v) is 17.9. The van der Waals surface area contributed by atoms with Gasteiger partial charge in [-0.1, -0.05) is 77.1 Å². The van der Waals surface area contributed by atoms with Crippen molar-refractivity contribution in [2.24, 2.45) is 35.5 Å². The average Bonchev–Trinajstić information content (AvgIpc) is 1.08. The van der Waals surface area contributed by atoms with Gasteiger partial charge >= 0.3 is 11.9 Å². The topological polar surface area (TPSA) is 407 Å². The van der Waals surface area contributed by atoms with Crippen molar-refractivity contribution in [3.8, 4) is 16.9 Å². The van der Waals surface area contributed by atoms with Gasteiger partial charge in [0.05, 0.1) is 135 Å². The molecule has 15 atom stereocenters. The zero-order valence-electron chi connectivity index (χ0n) is 77.3. The number of aryl methyl sites for hydroxylation is 1. The summed E-state index contributed by atoms with van der Waals surface area (Å²) in [6, 6.07) is 12.6. The van der Waals surface area contributed by atoms with Crippen LogP contribution in [0.3, 0.4) is 0 Å². The minimum Gasteiger partial charge on any atom is -0.491 e. The summed E-state index contributed by atoms with van der Waals surface area (Å²) < 4.78 is 113. The van der Waals surface area contributed by atoms with Crippen LogP contribution >= 0.6 is 0 Å². The predicted molar refractivity (Wildman–Crippen MR) is 480 cm³/mol. The first kappa shape index (κ1) is 106. The number of aliphatic hydroxyl groups is 2. The number of nitrogens with zero attached hydrogens (tertiary/aromatic N) is 3. The third-order valence-corrected chi connectivity index (χ3v) is 26.1. The largest absolute Gasteiger partial charge is 0.491 e. The summed E-state index contributed by atoms with van der Waals surface area (Å²) in [7, 11) is 0.713. The molecule has 1 saturated carbocycles. The molecule has 2 aromatic carbocycles. The Morgan fingerprint density at radius 2 is 1.34 bits per heavy atom. The number of allylic oxidation sites excluding steroid dienone is 6. The van der Waals surface area contributed by atoms with Gasteiger partial charge in [-0.3, -0.25) is 33.6 Å². The monoisotopic (exact) mass is 1830 g/mol. The maximum Gasteiger partial charge on any atom is 0.329 e. The normalized spacial score (nSPS) is 26.8. The lowest BCUT2D eigenvalue weighted by atomic mass is 9.78. The van der Waals surface area contributed by atoms with E-state index in [1.165, 1.54) is 30.2 Å². The van der Waals surface area contributed by atoms with E-state index in [-0.39, 0.29) is 110 Å². The molecule has 1 aliphatic carbocycles. The Labute approximate surface area is 760 Å². The van der Waals surface area contributed by atoms with E-state index < -0.39 is 106 Å². The molecule has 2 saturated heterocycles. The molecule has 718 valence electrons. The Morgan fingerprint density at radius 1 is 0.690 bits per heavy atom. The fraction of sp³-hybridized carbons (Fsp3) is 0.656. The second-order valence-electron chi connectivity index (χ2n) is 34.3. The van der Waals surface area contributed by atoms with Crippen LogP contribution in [0.15, 0.2) is 107 Å². The Morgan fingerprint density at radius 3 is 1.97 bits per heavy atom. The summed E-state index contributed by atoms with van der Waals surface area (Å²) in [6.07, 6.45) is 12.4. The lowest BCUT2D eigenvalue weighted by molar-refractivity contribution is -0.265. The number of carbonyl (C=O) groups excluding carboxylic acids is 8. The number of pyridine rings is 1. The van der Waals surface area contributed by atoms with E-state index in [0.717, 1.165) is 22.3 Å². The zero-order chi connectivity index (χ0) is 93.4. The second-order valence-corrected chi connectivity index (χ2v) is 36.4. The quantitative estimate of drug-likeness (QED) is 0.0178. The average molecular weight is 1830 g/mol. The first-order valence-electron chi connectivity index (χ1n) is 45.6. The molecule has 4 aliphatic heterocycles. The number of aliphatic hydroxyl groups excluding tert-OH is 1. The zero-order valence-corrected chi connectivity index (χ0v) is 78.2. The van der Waals surface area contributed by atoms with E-state index in [1.54, 1.807) is 72.1 Å². The number of esters is 2. The van der Waals surface area contributed by atoms with Gasteiger partial charge < -0.3 is 102 Å². The molecule has 3 amide bonds. The first-order chi connectivity index (χ1) is 61.9. The summed E-state index contributed by atoms with van der Waals surface area (Å²) in [5.74, 6) is -8.86. The van der Waals surface area contributed by atoms with Crippen molar-refractivity contribution < 1.29 is 128 Å². The predicted octanol–water partition coefficient (Wildman–Crippen LogP) is 9.61. The van der Waals surface area contributed by atoms with Crippen LogP contribution in [0.1, 0.15) is 166 Å². The number of hydrogen-bond acceptors (Lipinski definition) is 29. The number of ether oxygens (including phenoxy) is 15. The highest BCUT2D eigenvalue weighted by atomic mass is 32.2. The molecule has 8 rings (SSSR count). The van der Waals surface area contributed by atoms with Crippen LogP contribution in [-0.4, -0.2) is 294 Å². The highest BCUT2D eigenvalue weighted by Gasteiger charge is 2.53. The van der Waals surface area contributed by atoms with Crippen LogP contribution in [0.5, 0.6) is 5.75 Å². The van der Waals surface area contributed by atoms with Crippen molar-refractivity contribution >= 4 is 62.7 Å². The molecule has 0 unspecified atom stereocenters. The minimum atomic E-state index is -3.79. The molecule has 2 bridgehead atoms. The molecule has 3 fully saturated rings. The Kier molecular flexibility index (Phi) is 45.6. The van der Waals surface area contributed by atoms with Crippen molar-refractivity contribution in [2.45, 2.75) is 218 Å². The number of methoxy groups -OCH3 is 3. The number of nitrogen functional groups attached to an aromatic ring is 1.